The number of para-hydroxylation sites is 1. The highest BCUT2D eigenvalue weighted by molar-refractivity contribution is 6.01. The lowest BCUT2D eigenvalue weighted by Gasteiger charge is -2.37. The second-order valence-electron chi connectivity index (χ2n) is 15.2. The van der Waals surface area contributed by atoms with Gasteiger partial charge in [0.15, 0.2) is 0 Å². The maximum absolute atomic E-state index is 2.46. The van der Waals surface area contributed by atoms with E-state index in [9.17, 15) is 0 Å². The third-order valence-corrected chi connectivity index (χ3v) is 12.4. The van der Waals surface area contributed by atoms with Gasteiger partial charge in [-0.05, 0) is 91.5 Å². The standard InChI is InChI=1S/C56H39N/c1-5-20-40(21-6-1)55(41-22-7-2-8-23-41,42-24-9-3-10-25-42)43-36-38-45(39-37-43)57(44-26-11-4-12-27-44)53-35-19-34-52-54(53)48-30-15-18-33-51(48)56(52)49-31-16-13-28-46(49)47-29-14-17-32-50(47)56/h1-39H. The summed E-state index contributed by atoms with van der Waals surface area (Å²) in [4.78, 5) is 2.46. The molecule has 11 rings (SSSR count). The Bertz CT molecular complexity index is 2740. The first kappa shape index (κ1) is 33.1. The van der Waals surface area contributed by atoms with Gasteiger partial charge in [0.1, 0.15) is 0 Å². The van der Waals surface area contributed by atoms with E-state index in [4.69, 9.17) is 0 Å². The minimum absolute atomic E-state index is 0.415. The number of rotatable bonds is 7. The van der Waals surface area contributed by atoms with Gasteiger partial charge in [-0.2, -0.15) is 0 Å². The zero-order valence-corrected chi connectivity index (χ0v) is 31.5. The SMILES string of the molecule is c1ccc(N(c2ccc(C(c3ccccc3)(c3ccccc3)c3ccccc3)cc2)c2cccc3c2-c2ccccc2C32c3ccccc3-c3ccccc32)cc1. The average Bonchev–Trinajstić information content (AvgIpc) is 3.77. The third-order valence-electron chi connectivity index (χ3n) is 12.4. The molecule has 0 bridgehead atoms. The van der Waals surface area contributed by atoms with Crippen LogP contribution in [-0.4, -0.2) is 0 Å². The summed E-state index contributed by atoms with van der Waals surface area (Å²) in [6, 6.07) is 87.1. The molecule has 0 unspecified atom stereocenters. The van der Waals surface area contributed by atoms with Gasteiger partial charge in [0, 0.05) is 16.9 Å². The van der Waals surface area contributed by atoms with E-state index in [-0.39, 0.29) is 0 Å². The molecule has 9 aromatic rings. The average molecular weight is 726 g/mol. The fourth-order valence-electron chi connectivity index (χ4n) is 10.2. The van der Waals surface area contributed by atoms with Crippen molar-refractivity contribution in [1.29, 1.82) is 0 Å². The van der Waals surface area contributed by atoms with Crippen LogP contribution in [0.4, 0.5) is 17.1 Å². The largest absolute Gasteiger partial charge is 0.310 e. The van der Waals surface area contributed by atoms with E-state index in [1.807, 2.05) is 0 Å². The highest BCUT2D eigenvalue weighted by Crippen LogP contribution is 2.64. The lowest BCUT2D eigenvalue weighted by atomic mass is 9.65. The molecule has 1 heteroatoms. The molecule has 0 aromatic heterocycles. The van der Waals surface area contributed by atoms with Crippen molar-refractivity contribution in [2.75, 3.05) is 4.90 Å². The lowest BCUT2D eigenvalue weighted by molar-refractivity contribution is 0.745. The second kappa shape index (κ2) is 13.2. The van der Waals surface area contributed by atoms with Crippen molar-refractivity contribution >= 4 is 17.1 Å². The summed E-state index contributed by atoms with van der Waals surface area (Å²) in [6.45, 7) is 0. The number of fused-ring (bicyclic) bond motifs is 10. The van der Waals surface area contributed by atoms with Gasteiger partial charge >= 0.3 is 0 Å². The summed E-state index contributed by atoms with van der Waals surface area (Å²) in [5, 5.41) is 0. The summed E-state index contributed by atoms with van der Waals surface area (Å²) in [6.07, 6.45) is 0. The smallest absolute Gasteiger partial charge is 0.0726 e. The minimum Gasteiger partial charge on any atom is -0.310 e. The van der Waals surface area contributed by atoms with Crippen molar-refractivity contribution in [2.24, 2.45) is 0 Å². The van der Waals surface area contributed by atoms with Crippen LogP contribution in [0.3, 0.4) is 0 Å². The van der Waals surface area contributed by atoms with Crippen LogP contribution in [0.25, 0.3) is 22.3 Å². The van der Waals surface area contributed by atoms with Crippen molar-refractivity contribution in [1.82, 2.24) is 0 Å². The molecule has 0 saturated heterocycles. The summed E-state index contributed by atoms with van der Waals surface area (Å²) < 4.78 is 0. The molecule has 0 saturated carbocycles. The fraction of sp³-hybridized carbons (Fsp3) is 0.0357. The molecule has 0 fully saturated rings. The maximum Gasteiger partial charge on any atom is 0.0726 e. The van der Waals surface area contributed by atoms with E-state index in [0.29, 0.717) is 0 Å². The Morgan fingerprint density at radius 2 is 0.649 bits per heavy atom. The first-order valence-corrected chi connectivity index (χ1v) is 19.9. The Balaban J connectivity index is 1.15. The van der Waals surface area contributed by atoms with Gasteiger partial charge in [-0.15, -0.1) is 0 Å². The predicted molar refractivity (Wildman–Crippen MR) is 236 cm³/mol. The predicted octanol–water partition coefficient (Wildman–Crippen LogP) is 13.9. The summed E-state index contributed by atoms with van der Waals surface area (Å²) in [5.41, 5.74) is 17.9. The van der Waals surface area contributed by atoms with E-state index in [0.717, 1.165) is 17.1 Å². The van der Waals surface area contributed by atoms with Crippen molar-refractivity contribution in [3.8, 4) is 22.3 Å². The Hall–Kier alpha value is -7.22. The zero-order chi connectivity index (χ0) is 37.8. The number of benzene rings is 9. The zero-order valence-electron chi connectivity index (χ0n) is 31.5. The maximum atomic E-state index is 2.46. The highest BCUT2D eigenvalue weighted by atomic mass is 15.1. The molecule has 9 aromatic carbocycles. The molecule has 0 aliphatic heterocycles. The molecule has 2 aliphatic rings. The van der Waals surface area contributed by atoms with Gasteiger partial charge in [0.2, 0.25) is 0 Å². The molecule has 0 heterocycles. The summed E-state index contributed by atoms with van der Waals surface area (Å²) >= 11 is 0. The molecule has 268 valence electrons. The molecule has 1 nitrogen and oxygen atoms in total. The highest BCUT2D eigenvalue weighted by Gasteiger charge is 2.52. The molecule has 0 atom stereocenters. The van der Waals surface area contributed by atoms with Gasteiger partial charge in [-0.1, -0.05) is 206 Å². The summed E-state index contributed by atoms with van der Waals surface area (Å²) in [5.74, 6) is 0. The van der Waals surface area contributed by atoms with Crippen LogP contribution in [-0.2, 0) is 10.8 Å². The molecule has 0 radical (unpaired) electrons. The quantitative estimate of drug-likeness (QED) is 0.148. The second-order valence-corrected chi connectivity index (χ2v) is 15.2. The monoisotopic (exact) mass is 725 g/mol. The van der Waals surface area contributed by atoms with Crippen LogP contribution >= 0.6 is 0 Å². The summed E-state index contributed by atoms with van der Waals surface area (Å²) in [7, 11) is 0. The van der Waals surface area contributed by atoms with Crippen LogP contribution in [0.15, 0.2) is 237 Å². The fourth-order valence-corrected chi connectivity index (χ4v) is 10.2. The number of nitrogens with zero attached hydrogens (tertiary/aromatic N) is 1. The molecule has 0 N–H and O–H groups in total. The van der Waals surface area contributed by atoms with E-state index >= 15 is 0 Å². The van der Waals surface area contributed by atoms with Crippen molar-refractivity contribution in [2.45, 2.75) is 10.8 Å². The van der Waals surface area contributed by atoms with Gasteiger partial charge in [0.05, 0.1) is 16.5 Å². The minimum atomic E-state index is -0.525. The van der Waals surface area contributed by atoms with Crippen molar-refractivity contribution in [3.63, 3.8) is 0 Å². The normalized spacial score (nSPS) is 13.1. The van der Waals surface area contributed by atoms with Crippen LogP contribution < -0.4 is 4.90 Å². The van der Waals surface area contributed by atoms with E-state index < -0.39 is 10.8 Å². The van der Waals surface area contributed by atoms with Gasteiger partial charge in [-0.3, -0.25) is 0 Å². The number of anilines is 3. The van der Waals surface area contributed by atoms with Gasteiger partial charge in [0.25, 0.3) is 0 Å². The molecular weight excluding hydrogens is 687 g/mol. The molecule has 0 amide bonds. The number of hydrogen-bond acceptors (Lipinski definition) is 1. The van der Waals surface area contributed by atoms with Crippen LogP contribution in [0.1, 0.15) is 44.5 Å². The first-order chi connectivity index (χ1) is 28.3. The van der Waals surface area contributed by atoms with E-state index in [1.165, 1.54) is 66.8 Å². The Morgan fingerprint density at radius 3 is 1.16 bits per heavy atom. The topological polar surface area (TPSA) is 3.24 Å². The van der Waals surface area contributed by atoms with E-state index in [1.54, 1.807) is 0 Å². The molecule has 2 aliphatic carbocycles. The molecule has 1 spiro atoms. The Labute approximate surface area is 334 Å². The van der Waals surface area contributed by atoms with Crippen LogP contribution in [0, 0.1) is 0 Å². The van der Waals surface area contributed by atoms with E-state index in [2.05, 4.69) is 241 Å². The number of hydrogen-bond donors (Lipinski definition) is 0. The lowest BCUT2D eigenvalue weighted by Crippen LogP contribution is -2.31. The van der Waals surface area contributed by atoms with Gasteiger partial charge in [-0.25, -0.2) is 0 Å². The molecular formula is C56H39N. The first-order valence-electron chi connectivity index (χ1n) is 19.9. The van der Waals surface area contributed by atoms with Crippen LogP contribution in [0.5, 0.6) is 0 Å². The van der Waals surface area contributed by atoms with Crippen molar-refractivity contribution < 1.29 is 0 Å². The Kier molecular flexibility index (Phi) is 7.69. The van der Waals surface area contributed by atoms with Crippen LogP contribution in [0.2, 0.25) is 0 Å². The third kappa shape index (κ3) is 4.76. The molecule has 57 heavy (non-hydrogen) atoms. The van der Waals surface area contributed by atoms with Crippen molar-refractivity contribution in [3.05, 3.63) is 281 Å². The van der Waals surface area contributed by atoms with Gasteiger partial charge < -0.3 is 4.90 Å². The Morgan fingerprint density at radius 1 is 0.281 bits per heavy atom.